The van der Waals surface area contributed by atoms with Crippen LogP contribution in [0.2, 0.25) is 0 Å². The number of carbonyl (C=O) groups is 1. The third-order valence-corrected chi connectivity index (χ3v) is 4.66. The number of benzene rings is 1. The molecule has 0 aromatic heterocycles. The van der Waals surface area contributed by atoms with E-state index < -0.39 is 16.0 Å². The molecule has 0 unspecified atom stereocenters. The number of carboxylic acid groups (broad SMARTS) is 1. The summed E-state index contributed by atoms with van der Waals surface area (Å²) in [4.78, 5) is 11.1. The molecular formula is C15H19NO6S. The molecule has 1 aromatic rings. The second-order valence-corrected chi connectivity index (χ2v) is 6.69. The number of nitrogens with one attached hydrogen (secondary N) is 1. The van der Waals surface area contributed by atoms with Crippen molar-refractivity contribution in [2.24, 2.45) is 0 Å². The number of rotatable bonds is 7. The molecule has 0 saturated heterocycles. The van der Waals surface area contributed by atoms with Crippen molar-refractivity contribution < 1.29 is 27.8 Å². The molecular weight excluding hydrogens is 322 g/mol. The van der Waals surface area contributed by atoms with Crippen LogP contribution in [0.3, 0.4) is 0 Å². The Kier molecular flexibility index (Phi) is 5.75. The molecule has 0 fully saturated rings. The highest BCUT2D eigenvalue weighted by atomic mass is 32.2. The fourth-order valence-corrected chi connectivity index (χ4v) is 3.19. The summed E-state index contributed by atoms with van der Waals surface area (Å²) in [6.07, 6.45) is 2.69. The molecule has 2 N–H and O–H groups in total. The van der Waals surface area contributed by atoms with Gasteiger partial charge in [0.2, 0.25) is 10.0 Å². The molecule has 0 bridgehead atoms. The molecule has 1 heterocycles. The lowest BCUT2D eigenvalue weighted by Crippen LogP contribution is -2.28. The number of sulfonamides is 1. The van der Waals surface area contributed by atoms with Gasteiger partial charge >= 0.3 is 5.97 Å². The fourth-order valence-electron chi connectivity index (χ4n) is 2.13. The van der Waals surface area contributed by atoms with Crippen LogP contribution in [0.15, 0.2) is 34.7 Å². The van der Waals surface area contributed by atoms with Crippen LogP contribution in [0, 0.1) is 0 Å². The molecule has 23 heavy (non-hydrogen) atoms. The quantitative estimate of drug-likeness (QED) is 0.727. The van der Waals surface area contributed by atoms with E-state index >= 15 is 0 Å². The van der Waals surface area contributed by atoms with E-state index in [9.17, 15) is 18.3 Å². The first-order chi connectivity index (χ1) is 10.9. The maximum atomic E-state index is 12.3. The average molecular weight is 341 g/mol. The Morgan fingerprint density at radius 3 is 2.83 bits per heavy atom. The second-order valence-electron chi connectivity index (χ2n) is 4.92. The van der Waals surface area contributed by atoms with E-state index in [0.717, 1.165) is 18.1 Å². The summed E-state index contributed by atoms with van der Waals surface area (Å²) >= 11 is 0. The number of ether oxygens (including phenoxy) is 2. The molecule has 1 aliphatic rings. The largest absolute Gasteiger partial charge is 0.493 e. The van der Waals surface area contributed by atoms with E-state index in [4.69, 9.17) is 9.47 Å². The SMILES string of the molecule is CCOc1ccc(S(=O)(=O)NCC2=CCCOC2)cc1C(=O)O. The summed E-state index contributed by atoms with van der Waals surface area (Å²) in [5, 5.41) is 9.20. The Bertz CT molecular complexity index is 711. The van der Waals surface area contributed by atoms with Gasteiger partial charge in [-0.1, -0.05) is 6.08 Å². The maximum Gasteiger partial charge on any atom is 0.339 e. The molecule has 0 saturated carbocycles. The zero-order chi connectivity index (χ0) is 16.9. The smallest absolute Gasteiger partial charge is 0.339 e. The van der Waals surface area contributed by atoms with Crippen molar-refractivity contribution >= 4 is 16.0 Å². The first kappa shape index (κ1) is 17.5. The van der Waals surface area contributed by atoms with Crippen molar-refractivity contribution in [2.45, 2.75) is 18.2 Å². The van der Waals surface area contributed by atoms with Gasteiger partial charge in [-0.3, -0.25) is 0 Å². The van der Waals surface area contributed by atoms with Gasteiger partial charge in [0.05, 0.1) is 24.7 Å². The number of hydrogen-bond donors (Lipinski definition) is 2. The third-order valence-electron chi connectivity index (χ3n) is 3.26. The topological polar surface area (TPSA) is 102 Å². The molecule has 0 radical (unpaired) electrons. The van der Waals surface area contributed by atoms with E-state index in [0.29, 0.717) is 19.8 Å². The van der Waals surface area contributed by atoms with Crippen molar-refractivity contribution in [3.63, 3.8) is 0 Å². The van der Waals surface area contributed by atoms with Crippen LogP contribution in [-0.2, 0) is 14.8 Å². The molecule has 126 valence electrons. The highest BCUT2D eigenvalue weighted by Gasteiger charge is 2.20. The molecule has 0 spiro atoms. The van der Waals surface area contributed by atoms with Crippen molar-refractivity contribution in [3.8, 4) is 5.75 Å². The average Bonchev–Trinajstić information content (AvgIpc) is 2.54. The van der Waals surface area contributed by atoms with Gasteiger partial charge in [-0.15, -0.1) is 0 Å². The predicted molar refractivity (Wildman–Crippen MR) is 83.3 cm³/mol. The van der Waals surface area contributed by atoms with Gasteiger partial charge in [0, 0.05) is 6.54 Å². The molecule has 7 nitrogen and oxygen atoms in total. The standard InChI is InChI=1S/C15H19NO6S/c1-2-22-14-6-5-12(8-13(14)15(17)18)23(19,20)16-9-11-4-3-7-21-10-11/h4-6,8,16H,2-3,7,9-10H2,1H3,(H,17,18). The lowest BCUT2D eigenvalue weighted by molar-refractivity contribution is 0.0692. The maximum absolute atomic E-state index is 12.3. The number of hydrogen-bond acceptors (Lipinski definition) is 5. The molecule has 2 rings (SSSR count). The predicted octanol–water partition coefficient (Wildman–Crippen LogP) is 1.41. The summed E-state index contributed by atoms with van der Waals surface area (Å²) < 4.78 is 37.5. The normalized spacial score (nSPS) is 15.1. The Morgan fingerprint density at radius 1 is 1.43 bits per heavy atom. The Hall–Kier alpha value is -1.90. The molecule has 1 aromatic carbocycles. The summed E-state index contributed by atoms with van der Waals surface area (Å²) in [6, 6.07) is 3.78. The molecule has 0 aliphatic carbocycles. The van der Waals surface area contributed by atoms with Crippen molar-refractivity contribution in [3.05, 3.63) is 35.4 Å². The summed E-state index contributed by atoms with van der Waals surface area (Å²) in [6.45, 7) is 3.18. The lowest BCUT2D eigenvalue weighted by atomic mass is 10.2. The van der Waals surface area contributed by atoms with Crippen molar-refractivity contribution in [2.75, 3.05) is 26.4 Å². The van der Waals surface area contributed by atoms with Crippen LogP contribution in [-0.4, -0.2) is 45.9 Å². The van der Waals surface area contributed by atoms with Gasteiger partial charge in [0.15, 0.2) is 0 Å². The Labute approximate surface area is 135 Å². The Balaban J connectivity index is 2.20. The summed E-state index contributed by atoms with van der Waals surface area (Å²) in [5.74, 6) is -1.10. The van der Waals surface area contributed by atoms with E-state index in [2.05, 4.69) is 4.72 Å². The van der Waals surface area contributed by atoms with Crippen LogP contribution in [0.25, 0.3) is 0 Å². The van der Waals surface area contributed by atoms with Crippen molar-refractivity contribution in [1.82, 2.24) is 4.72 Å². The monoisotopic (exact) mass is 341 g/mol. The zero-order valence-electron chi connectivity index (χ0n) is 12.7. The minimum absolute atomic E-state index is 0.115. The van der Waals surface area contributed by atoms with E-state index in [1.807, 2.05) is 6.08 Å². The molecule has 1 aliphatic heterocycles. The van der Waals surface area contributed by atoms with Crippen LogP contribution in [0.1, 0.15) is 23.7 Å². The van der Waals surface area contributed by atoms with E-state index in [1.54, 1.807) is 6.92 Å². The summed E-state index contributed by atoms with van der Waals surface area (Å²) in [5.41, 5.74) is 0.666. The van der Waals surface area contributed by atoms with Crippen LogP contribution in [0.5, 0.6) is 5.75 Å². The fraction of sp³-hybridized carbons (Fsp3) is 0.400. The van der Waals surface area contributed by atoms with Crippen LogP contribution >= 0.6 is 0 Å². The van der Waals surface area contributed by atoms with Gasteiger partial charge in [0.25, 0.3) is 0 Å². The molecule has 0 atom stereocenters. The minimum Gasteiger partial charge on any atom is -0.493 e. The summed E-state index contributed by atoms with van der Waals surface area (Å²) in [7, 11) is -3.81. The first-order valence-electron chi connectivity index (χ1n) is 7.19. The lowest BCUT2D eigenvalue weighted by Gasteiger charge is -2.15. The molecule has 0 amide bonds. The van der Waals surface area contributed by atoms with Gasteiger partial charge in [0.1, 0.15) is 11.3 Å². The van der Waals surface area contributed by atoms with E-state index in [-0.39, 0.29) is 22.8 Å². The van der Waals surface area contributed by atoms with Gasteiger partial charge < -0.3 is 14.6 Å². The van der Waals surface area contributed by atoms with Gasteiger partial charge in [-0.2, -0.15) is 0 Å². The number of carboxylic acids is 1. The minimum atomic E-state index is -3.81. The van der Waals surface area contributed by atoms with Gasteiger partial charge in [-0.25, -0.2) is 17.9 Å². The van der Waals surface area contributed by atoms with Crippen LogP contribution in [0.4, 0.5) is 0 Å². The third kappa shape index (κ3) is 4.54. The highest BCUT2D eigenvalue weighted by Crippen LogP contribution is 2.23. The zero-order valence-corrected chi connectivity index (χ0v) is 13.6. The highest BCUT2D eigenvalue weighted by molar-refractivity contribution is 7.89. The molecule has 8 heteroatoms. The van der Waals surface area contributed by atoms with E-state index in [1.165, 1.54) is 12.1 Å². The van der Waals surface area contributed by atoms with Gasteiger partial charge in [-0.05, 0) is 37.1 Å². The van der Waals surface area contributed by atoms with Crippen molar-refractivity contribution in [1.29, 1.82) is 0 Å². The number of aromatic carboxylic acids is 1. The Morgan fingerprint density at radius 2 is 2.22 bits per heavy atom. The first-order valence-corrected chi connectivity index (χ1v) is 8.68. The van der Waals surface area contributed by atoms with Crippen LogP contribution < -0.4 is 9.46 Å². The second kappa shape index (κ2) is 7.58.